The molecule has 164 valence electrons. The molecule has 4 rings (SSSR count). The molecule has 1 unspecified atom stereocenters. The number of halogens is 2. The molecule has 2 aliphatic rings. The molecule has 1 aliphatic carbocycles. The van der Waals surface area contributed by atoms with Gasteiger partial charge in [0.25, 0.3) is 0 Å². The van der Waals surface area contributed by atoms with Crippen LogP contribution in [0.25, 0.3) is 11.4 Å². The molecule has 1 aromatic carbocycles. The number of aromatic nitrogens is 2. The molecular formula is C21H30ClIN6O. The number of aliphatic imine (C=N–C) groups is 1. The van der Waals surface area contributed by atoms with Crippen LogP contribution in [-0.2, 0) is 6.42 Å². The highest BCUT2D eigenvalue weighted by Crippen LogP contribution is 2.26. The Morgan fingerprint density at radius 3 is 2.73 bits per heavy atom. The summed E-state index contributed by atoms with van der Waals surface area (Å²) in [5.74, 6) is 2.02. The SMILES string of the molecule is CN=C(NCCc1nc(-c2ccc(Cl)cc2)no1)NC1CCN(C2CCCC2)C1.I. The summed E-state index contributed by atoms with van der Waals surface area (Å²) in [5, 5.41) is 11.7. The maximum atomic E-state index is 5.93. The van der Waals surface area contributed by atoms with Crippen LogP contribution in [-0.4, -0.2) is 59.8 Å². The average molecular weight is 545 g/mol. The summed E-state index contributed by atoms with van der Waals surface area (Å²) < 4.78 is 5.37. The van der Waals surface area contributed by atoms with Crippen molar-refractivity contribution in [2.24, 2.45) is 4.99 Å². The zero-order chi connectivity index (χ0) is 20.1. The van der Waals surface area contributed by atoms with Crippen LogP contribution in [0, 0.1) is 0 Å². The lowest BCUT2D eigenvalue weighted by Crippen LogP contribution is -2.45. The van der Waals surface area contributed by atoms with Crippen molar-refractivity contribution >= 4 is 41.5 Å². The van der Waals surface area contributed by atoms with Crippen molar-refractivity contribution in [3.05, 3.63) is 35.2 Å². The molecule has 1 atom stereocenters. The minimum Gasteiger partial charge on any atom is -0.356 e. The Kier molecular flexibility index (Phi) is 8.76. The van der Waals surface area contributed by atoms with E-state index >= 15 is 0 Å². The first-order valence-electron chi connectivity index (χ1n) is 10.5. The van der Waals surface area contributed by atoms with E-state index in [2.05, 4.69) is 30.7 Å². The summed E-state index contributed by atoms with van der Waals surface area (Å²) in [4.78, 5) is 11.5. The Hall–Kier alpha value is -1.39. The number of hydrogen-bond donors (Lipinski definition) is 2. The lowest BCUT2D eigenvalue weighted by atomic mass is 10.2. The number of likely N-dealkylation sites (tertiary alicyclic amines) is 1. The largest absolute Gasteiger partial charge is 0.356 e. The third-order valence-electron chi connectivity index (χ3n) is 5.83. The maximum absolute atomic E-state index is 5.93. The van der Waals surface area contributed by atoms with Crippen LogP contribution in [0.2, 0.25) is 5.02 Å². The number of guanidine groups is 1. The van der Waals surface area contributed by atoms with Crippen LogP contribution in [0.3, 0.4) is 0 Å². The number of nitrogens with zero attached hydrogens (tertiary/aromatic N) is 4. The van der Waals surface area contributed by atoms with Crippen LogP contribution in [0.5, 0.6) is 0 Å². The summed E-state index contributed by atoms with van der Waals surface area (Å²) in [7, 11) is 1.81. The van der Waals surface area contributed by atoms with Crippen molar-refractivity contribution in [3.8, 4) is 11.4 Å². The highest BCUT2D eigenvalue weighted by Gasteiger charge is 2.30. The average Bonchev–Trinajstić information content (AvgIpc) is 3.49. The van der Waals surface area contributed by atoms with E-state index in [-0.39, 0.29) is 24.0 Å². The van der Waals surface area contributed by atoms with Gasteiger partial charge in [-0.25, -0.2) is 0 Å². The summed E-state index contributed by atoms with van der Waals surface area (Å²) in [5.41, 5.74) is 0.892. The predicted molar refractivity (Wildman–Crippen MR) is 131 cm³/mol. The van der Waals surface area contributed by atoms with Crippen molar-refractivity contribution in [2.75, 3.05) is 26.7 Å². The van der Waals surface area contributed by atoms with Gasteiger partial charge in [0.2, 0.25) is 11.7 Å². The standard InChI is InChI=1S/C21H29ClN6O.HI/c1-23-21(25-17-11-13-28(14-17)18-4-2-3-5-18)24-12-10-19-26-20(27-29-19)15-6-8-16(22)9-7-15;/h6-9,17-18H,2-5,10-14H2,1H3,(H2,23,24,25);1H. The van der Waals surface area contributed by atoms with Gasteiger partial charge in [-0.2, -0.15) is 4.98 Å². The lowest BCUT2D eigenvalue weighted by Gasteiger charge is -2.24. The van der Waals surface area contributed by atoms with Gasteiger partial charge in [-0.1, -0.05) is 29.6 Å². The minimum atomic E-state index is 0. The Bertz CT molecular complexity index is 821. The first-order chi connectivity index (χ1) is 14.2. The molecule has 1 saturated heterocycles. The molecule has 1 aliphatic heterocycles. The van der Waals surface area contributed by atoms with Gasteiger partial charge in [0.05, 0.1) is 0 Å². The monoisotopic (exact) mass is 544 g/mol. The molecule has 2 aromatic rings. The second-order valence-corrected chi connectivity index (χ2v) is 8.27. The van der Waals surface area contributed by atoms with Gasteiger partial charge >= 0.3 is 0 Å². The van der Waals surface area contributed by atoms with Crippen LogP contribution in [0.1, 0.15) is 38.0 Å². The second-order valence-electron chi connectivity index (χ2n) is 7.83. The van der Waals surface area contributed by atoms with E-state index in [9.17, 15) is 0 Å². The van der Waals surface area contributed by atoms with Crippen LogP contribution < -0.4 is 10.6 Å². The molecule has 0 bridgehead atoms. The smallest absolute Gasteiger partial charge is 0.228 e. The van der Waals surface area contributed by atoms with Gasteiger partial charge in [-0.3, -0.25) is 9.89 Å². The molecule has 30 heavy (non-hydrogen) atoms. The Morgan fingerprint density at radius 1 is 1.23 bits per heavy atom. The second kappa shape index (κ2) is 11.3. The van der Waals surface area contributed by atoms with E-state index in [1.807, 2.05) is 31.3 Å². The zero-order valence-electron chi connectivity index (χ0n) is 17.3. The Morgan fingerprint density at radius 2 is 2.00 bits per heavy atom. The van der Waals surface area contributed by atoms with Crippen molar-refractivity contribution in [1.82, 2.24) is 25.7 Å². The fraction of sp³-hybridized carbons (Fsp3) is 0.571. The first kappa shape index (κ1) is 23.3. The summed E-state index contributed by atoms with van der Waals surface area (Å²) in [6.45, 7) is 2.98. The Labute approximate surface area is 200 Å². The van der Waals surface area contributed by atoms with E-state index in [0.29, 0.717) is 35.7 Å². The van der Waals surface area contributed by atoms with Crippen molar-refractivity contribution in [2.45, 2.75) is 50.6 Å². The molecule has 0 amide bonds. The fourth-order valence-corrected chi connectivity index (χ4v) is 4.38. The maximum Gasteiger partial charge on any atom is 0.228 e. The van der Waals surface area contributed by atoms with Crippen molar-refractivity contribution in [1.29, 1.82) is 0 Å². The number of nitrogens with one attached hydrogen (secondary N) is 2. The predicted octanol–water partition coefficient (Wildman–Crippen LogP) is 3.73. The topological polar surface area (TPSA) is 78.6 Å². The van der Waals surface area contributed by atoms with Gasteiger partial charge in [0, 0.05) is 55.8 Å². The normalized spacial score (nSPS) is 20.3. The van der Waals surface area contributed by atoms with Gasteiger partial charge in [0.1, 0.15) is 0 Å². The molecule has 0 spiro atoms. The van der Waals surface area contributed by atoms with Crippen LogP contribution >= 0.6 is 35.6 Å². The Balaban J connectivity index is 0.00000256. The van der Waals surface area contributed by atoms with E-state index < -0.39 is 0 Å². The van der Waals surface area contributed by atoms with E-state index in [0.717, 1.165) is 24.1 Å². The molecule has 1 saturated carbocycles. The summed E-state index contributed by atoms with van der Waals surface area (Å²) in [6.07, 6.45) is 7.31. The number of hydrogen-bond acceptors (Lipinski definition) is 5. The van der Waals surface area contributed by atoms with E-state index in [1.54, 1.807) is 0 Å². The van der Waals surface area contributed by atoms with Crippen molar-refractivity contribution < 1.29 is 4.52 Å². The third-order valence-corrected chi connectivity index (χ3v) is 6.08. The molecule has 7 nitrogen and oxygen atoms in total. The molecule has 0 radical (unpaired) electrons. The quantitative estimate of drug-likeness (QED) is 0.328. The molecule has 2 heterocycles. The highest BCUT2D eigenvalue weighted by atomic mass is 127. The zero-order valence-corrected chi connectivity index (χ0v) is 20.4. The first-order valence-corrected chi connectivity index (χ1v) is 10.9. The minimum absolute atomic E-state index is 0. The molecule has 2 fully saturated rings. The summed E-state index contributed by atoms with van der Waals surface area (Å²) >= 11 is 5.93. The van der Waals surface area contributed by atoms with Crippen LogP contribution in [0.4, 0.5) is 0 Å². The van der Waals surface area contributed by atoms with Gasteiger partial charge < -0.3 is 15.2 Å². The molecule has 9 heteroatoms. The molecule has 2 N–H and O–H groups in total. The molecular weight excluding hydrogens is 515 g/mol. The lowest BCUT2D eigenvalue weighted by molar-refractivity contribution is 0.242. The fourth-order valence-electron chi connectivity index (χ4n) is 4.25. The number of benzene rings is 1. The van der Waals surface area contributed by atoms with E-state index in [1.165, 1.54) is 38.6 Å². The van der Waals surface area contributed by atoms with Gasteiger partial charge in [-0.05, 0) is 43.5 Å². The van der Waals surface area contributed by atoms with Crippen molar-refractivity contribution in [3.63, 3.8) is 0 Å². The highest BCUT2D eigenvalue weighted by molar-refractivity contribution is 14.0. The van der Waals surface area contributed by atoms with E-state index in [4.69, 9.17) is 16.1 Å². The third kappa shape index (κ3) is 6.07. The number of rotatable bonds is 6. The molecule has 1 aromatic heterocycles. The van der Waals surface area contributed by atoms with Gasteiger partial charge in [-0.15, -0.1) is 24.0 Å². The summed E-state index contributed by atoms with van der Waals surface area (Å²) in [6, 6.07) is 8.67. The van der Waals surface area contributed by atoms with Crippen LogP contribution in [0.15, 0.2) is 33.8 Å². The van der Waals surface area contributed by atoms with Gasteiger partial charge in [0.15, 0.2) is 5.96 Å².